The quantitative estimate of drug-likeness (QED) is 0.112. The summed E-state index contributed by atoms with van der Waals surface area (Å²) >= 11 is 0. The minimum atomic E-state index is -1.15. The average molecular weight is 526 g/mol. The topological polar surface area (TPSA) is 171 Å². The lowest BCUT2D eigenvalue weighted by Crippen LogP contribution is -2.55. The van der Waals surface area contributed by atoms with Crippen molar-refractivity contribution >= 4 is 29.4 Å². The van der Waals surface area contributed by atoms with Crippen molar-refractivity contribution in [2.24, 2.45) is 23.0 Å². The second-order valence-corrected chi connectivity index (χ2v) is 11.3. The molecule has 0 aliphatic carbocycles. The predicted octanol–water partition coefficient (Wildman–Crippen LogP) is 0.787. The molecular weight excluding hydrogens is 478 g/mol. The van der Waals surface area contributed by atoms with E-state index in [-0.39, 0.29) is 48.2 Å². The van der Waals surface area contributed by atoms with E-state index in [0.29, 0.717) is 45.2 Å². The molecule has 6 N–H and O–H groups in total. The van der Waals surface area contributed by atoms with Gasteiger partial charge in [0.05, 0.1) is 6.04 Å². The van der Waals surface area contributed by atoms with Gasteiger partial charge in [0.15, 0.2) is 12.1 Å². The van der Waals surface area contributed by atoms with Crippen LogP contribution >= 0.6 is 0 Å². The summed E-state index contributed by atoms with van der Waals surface area (Å²) in [5.41, 5.74) is 4.60. The highest BCUT2D eigenvalue weighted by Gasteiger charge is 2.35. The number of nitrogens with one attached hydrogen (secondary N) is 3. The van der Waals surface area contributed by atoms with Crippen LogP contribution in [0.15, 0.2) is 0 Å². The summed E-state index contributed by atoms with van der Waals surface area (Å²) in [5.74, 6) is -1.54. The van der Waals surface area contributed by atoms with Crippen LogP contribution in [0.3, 0.4) is 0 Å². The number of aliphatic hydroxyl groups excluding tert-OH is 1. The molecule has 1 rings (SSSR count). The third-order valence-electron chi connectivity index (χ3n) is 6.42. The third kappa shape index (κ3) is 11.3. The number of amides is 4. The number of unbranched alkanes of at least 4 members (excludes halogenated alkanes) is 2. The van der Waals surface area contributed by atoms with Crippen molar-refractivity contribution in [1.82, 2.24) is 20.9 Å². The number of hydrogen-bond donors (Lipinski definition) is 5. The summed E-state index contributed by atoms with van der Waals surface area (Å²) in [6.07, 6.45) is 2.05. The number of nitrogens with two attached hydrogens (primary N) is 1. The van der Waals surface area contributed by atoms with Crippen LogP contribution in [0.1, 0.15) is 86.5 Å². The molecule has 2 unspecified atom stereocenters. The van der Waals surface area contributed by atoms with Crippen LogP contribution in [0.4, 0.5) is 0 Å². The molecule has 0 spiro atoms. The van der Waals surface area contributed by atoms with E-state index in [0.717, 1.165) is 0 Å². The highest BCUT2D eigenvalue weighted by Crippen LogP contribution is 2.20. The third-order valence-corrected chi connectivity index (χ3v) is 6.42. The fraction of sp³-hybridized carbons (Fsp3) is 0.808. The molecule has 1 saturated heterocycles. The summed E-state index contributed by atoms with van der Waals surface area (Å²) in [6, 6.07) is -1.53. The maximum absolute atomic E-state index is 13.1. The molecule has 0 aromatic heterocycles. The smallest absolute Gasteiger partial charge is 0.243 e. The normalized spacial score (nSPS) is 18.6. The average Bonchev–Trinajstić information content (AvgIpc) is 3.03. The van der Waals surface area contributed by atoms with E-state index in [4.69, 9.17) is 10.8 Å². The van der Waals surface area contributed by atoms with Gasteiger partial charge in [0.25, 0.3) is 0 Å². The van der Waals surface area contributed by atoms with Gasteiger partial charge in [0, 0.05) is 30.7 Å². The van der Waals surface area contributed by atoms with Crippen LogP contribution in [0.5, 0.6) is 0 Å². The minimum absolute atomic E-state index is 0.118. The van der Waals surface area contributed by atoms with E-state index in [1.807, 2.05) is 13.8 Å². The van der Waals surface area contributed by atoms with Crippen molar-refractivity contribution in [2.75, 3.05) is 13.1 Å². The highest BCUT2D eigenvalue weighted by atomic mass is 16.3. The molecule has 11 heteroatoms. The van der Waals surface area contributed by atoms with Gasteiger partial charge in [-0.05, 0) is 38.1 Å². The van der Waals surface area contributed by atoms with E-state index in [1.165, 1.54) is 4.90 Å². The van der Waals surface area contributed by atoms with Gasteiger partial charge in [0.1, 0.15) is 6.04 Å². The first-order valence-corrected chi connectivity index (χ1v) is 13.3. The van der Waals surface area contributed by atoms with Crippen molar-refractivity contribution in [2.45, 2.75) is 105 Å². The Bertz CT molecular complexity index is 808. The number of hydrogen-bond acceptors (Lipinski definition) is 8. The molecule has 11 nitrogen and oxygen atoms in total. The molecule has 0 saturated carbocycles. The maximum Gasteiger partial charge on any atom is 0.243 e. The highest BCUT2D eigenvalue weighted by molar-refractivity contribution is 6.03. The fourth-order valence-electron chi connectivity index (χ4n) is 4.21. The standard InChI is InChI=1S/C26H47N5O6/c1-16(2)21(23(35)29-18(22(34)26(4,5)6)11-10-13-28-25(27)37)30-19(32)12-8-7-9-14-31-20(33)15-17(3)24(31)36/h16-18,21,25,28,37H,7-15,27H2,1-6H3,(H,29,35)(H,30,32)/t17?,18-,21-,25?/m0/s1. The summed E-state index contributed by atoms with van der Waals surface area (Å²) in [6.45, 7) is 11.5. The van der Waals surface area contributed by atoms with Crippen molar-refractivity contribution in [3.8, 4) is 0 Å². The molecule has 37 heavy (non-hydrogen) atoms. The second kappa shape index (κ2) is 15.1. The van der Waals surface area contributed by atoms with E-state index >= 15 is 0 Å². The number of ketones is 1. The molecule has 0 aromatic carbocycles. The van der Waals surface area contributed by atoms with Crippen molar-refractivity contribution in [1.29, 1.82) is 0 Å². The van der Waals surface area contributed by atoms with Gasteiger partial charge in [-0.2, -0.15) is 0 Å². The number of imide groups is 1. The molecule has 1 heterocycles. The zero-order valence-electron chi connectivity index (χ0n) is 23.3. The summed E-state index contributed by atoms with van der Waals surface area (Å²) in [4.78, 5) is 63.7. The van der Waals surface area contributed by atoms with Crippen molar-refractivity contribution < 1.29 is 29.1 Å². The number of aliphatic hydroxyl groups is 1. The van der Waals surface area contributed by atoms with E-state index < -0.39 is 29.8 Å². The number of likely N-dealkylation sites (tertiary alicyclic amines) is 1. The van der Waals surface area contributed by atoms with Gasteiger partial charge >= 0.3 is 0 Å². The van der Waals surface area contributed by atoms with E-state index in [2.05, 4.69) is 16.0 Å². The first-order chi connectivity index (χ1) is 17.1. The number of carbonyl (C=O) groups is 5. The molecule has 0 aromatic rings. The summed E-state index contributed by atoms with van der Waals surface area (Å²) in [7, 11) is 0. The first kappa shape index (κ1) is 32.7. The predicted molar refractivity (Wildman–Crippen MR) is 140 cm³/mol. The Morgan fingerprint density at radius 2 is 1.73 bits per heavy atom. The molecule has 1 aliphatic rings. The minimum Gasteiger partial charge on any atom is -0.366 e. The van der Waals surface area contributed by atoms with Gasteiger partial charge in [0.2, 0.25) is 23.6 Å². The Kier molecular flexibility index (Phi) is 13.4. The summed E-state index contributed by atoms with van der Waals surface area (Å²) < 4.78 is 0. The molecule has 4 amide bonds. The monoisotopic (exact) mass is 525 g/mol. The van der Waals surface area contributed by atoms with Crippen LogP contribution in [0, 0.1) is 17.3 Å². The van der Waals surface area contributed by atoms with Gasteiger partial charge in [-0.3, -0.25) is 39.9 Å². The molecule has 1 aliphatic heterocycles. The Labute approximate surface area is 220 Å². The Morgan fingerprint density at radius 3 is 2.24 bits per heavy atom. The molecule has 0 radical (unpaired) electrons. The maximum atomic E-state index is 13.1. The molecule has 4 atom stereocenters. The Morgan fingerprint density at radius 1 is 1.08 bits per heavy atom. The lowest BCUT2D eigenvalue weighted by atomic mass is 9.84. The zero-order chi connectivity index (χ0) is 28.3. The number of Topliss-reactive ketones (excluding diaryl/α,β-unsaturated/α-hetero) is 1. The first-order valence-electron chi connectivity index (χ1n) is 13.3. The lowest BCUT2D eigenvalue weighted by molar-refractivity contribution is -0.139. The number of carbonyl (C=O) groups excluding carboxylic acids is 5. The summed E-state index contributed by atoms with van der Waals surface area (Å²) in [5, 5.41) is 17.4. The van der Waals surface area contributed by atoms with Crippen molar-refractivity contribution in [3.05, 3.63) is 0 Å². The second-order valence-electron chi connectivity index (χ2n) is 11.3. The van der Waals surface area contributed by atoms with Crippen LogP contribution in [0.25, 0.3) is 0 Å². The zero-order valence-corrected chi connectivity index (χ0v) is 23.3. The van der Waals surface area contributed by atoms with Gasteiger partial charge in [-0.15, -0.1) is 0 Å². The molecule has 212 valence electrons. The lowest BCUT2D eigenvalue weighted by Gasteiger charge is -2.29. The van der Waals surface area contributed by atoms with Crippen LogP contribution < -0.4 is 21.7 Å². The van der Waals surface area contributed by atoms with Gasteiger partial charge in [-0.1, -0.05) is 48.0 Å². The largest absolute Gasteiger partial charge is 0.366 e. The van der Waals surface area contributed by atoms with Crippen molar-refractivity contribution in [3.63, 3.8) is 0 Å². The molecule has 0 bridgehead atoms. The van der Waals surface area contributed by atoms with Crippen LogP contribution in [-0.2, 0) is 24.0 Å². The molecule has 1 fully saturated rings. The number of rotatable bonds is 16. The SMILES string of the molecule is CC1CC(=O)N(CCCCCC(=O)N[C@H](C(=O)N[C@@H](CCCNC(N)O)C(=O)C(C)(C)C)C(C)C)C1=O. The fourth-order valence-corrected chi connectivity index (χ4v) is 4.21. The molecular formula is C26H47N5O6. The van der Waals surface area contributed by atoms with Crippen LogP contribution in [-0.4, -0.2) is 70.9 Å². The van der Waals surface area contributed by atoms with Gasteiger partial charge < -0.3 is 15.7 Å². The Hall–Kier alpha value is -2.37. The van der Waals surface area contributed by atoms with E-state index in [9.17, 15) is 24.0 Å². The van der Waals surface area contributed by atoms with E-state index in [1.54, 1.807) is 27.7 Å². The van der Waals surface area contributed by atoms with Crippen LogP contribution in [0.2, 0.25) is 0 Å². The Balaban J connectivity index is 2.59. The number of nitrogens with zero attached hydrogens (tertiary/aromatic N) is 1. The van der Waals surface area contributed by atoms with Gasteiger partial charge in [-0.25, -0.2) is 0 Å².